The van der Waals surface area contributed by atoms with Crippen LogP contribution in [-0.2, 0) is 6.42 Å². The molecule has 1 aromatic carbocycles. The van der Waals surface area contributed by atoms with Crippen molar-refractivity contribution in [1.29, 1.82) is 0 Å². The number of halogens is 1. The standard InChI is InChI=1S/C14H12ClN3/c15-11-6-4-10(5-7-11)8-12-9-18-13(16)2-1-3-14(18)17-12/h1-7,9H,8,16H2. The summed E-state index contributed by atoms with van der Waals surface area (Å²) in [5.41, 5.74) is 8.94. The van der Waals surface area contributed by atoms with Crippen LogP contribution in [0.2, 0.25) is 5.02 Å². The van der Waals surface area contributed by atoms with Crippen LogP contribution in [0.25, 0.3) is 5.65 Å². The van der Waals surface area contributed by atoms with Crippen molar-refractivity contribution < 1.29 is 0 Å². The van der Waals surface area contributed by atoms with E-state index in [0.29, 0.717) is 5.82 Å². The summed E-state index contributed by atoms with van der Waals surface area (Å²) in [5.74, 6) is 0.697. The largest absolute Gasteiger partial charge is 0.385 e. The molecular formula is C14H12ClN3. The van der Waals surface area contributed by atoms with Crippen molar-refractivity contribution in [2.75, 3.05) is 5.73 Å². The maximum Gasteiger partial charge on any atom is 0.138 e. The number of aromatic nitrogens is 2. The van der Waals surface area contributed by atoms with E-state index in [0.717, 1.165) is 22.8 Å². The van der Waals surface area contributed by atoms with Crippen molar-refractivity contribution in [3.05, 3.63) is 64.9 Å². The molecule has 3 aromatic rings. The molecule has 0 fully saturated rings. The van der Waals surface area contributed by atoms with Gasteiger partial charge in [0.2, 0.25) is 0 Å². The van der Waals surface area contributed by atoms with Crippen LogP contribution in [-0.4, -0.2) is 9.38 Å². The second-order valence-electron chi connectivity index (χ2n) is 4.21. The van der Waals surface area contributed by atoms with E-state index in [-0.39, 0.29) is 0 Å². The summed E-state index contributed by atoms with van der Waals surface area (Å²) in [4.78, 5) is 4.54. The Balaban J connectivity index is 1.95. The maximum absolute atomic E-state index is 5.89. The number of fused-ring (bicyclic) bond motifs is 1. The summed E-state index contributed by atoms with van der Waals surface area (Å²) in [6.07, 6.45) is 2.75. The fourth-order valence-corrected chi connectivity index (χ4v) is 2.11. The molecule has 0 aliphatic rings. The Morgan fingerprint density at radius 1 is 1.11 bits per heavy atom. The number of benzene rings is 1. The Morgan fingerprint density at radius 2 is 1.89 bits per heavy atom. The molecule has 18 heavy (non-hydrogen) atoms. The third kappa shape index (κ3) is 2.05. The Bertz CT molecular complexity index is 686. The zero-order valence-corrected chi connectivity index (χ0v) is 10.4. The van der Waals surface area contributed by atoms with Gasteiger partial charge < -0.3 is 5.73 Å². The Labute approximate surface area is 110 Å². The quantitative estimate of drug-likeness (QED) is 0.766. The van der Waals surface area contributed by atoms with E-state index < -0.39 is 0 Å². The zero-order chi connectivity index (χ0) is 12.5. The van der Waals surface area contributed by atoms with E-state index in [1.165, 1.54) is 5.56 Å². The van der Waals surface area contributed by atoms with Gasteiger partial charge in [0.05, 0.1) is 5.69 Å². The highest BCUT2D eigenvalue weighted by atomic mass is 35.5. The number of nitrogens with zero attached hydrogens (tertiary/aromatic N) is 2. The first-order chi connectivity index (χ1) is 8.72. The van der Waals surface area contributed by atoms with Crippen molar-refractivity contribution in [3.8, 4) is 0 Å². The predicted molar refractivity (Wildman–Crippen MR) is 73.9 cm³/mol. The lowest BCUT2D eigenvalue weighted by atomic mass is 10.1. The average molecular weight is 258 g/mol. The van der Waals surface area contributed by atoms with E-state index in [4.69, 9.17) is 17.3 Å². The van der Waals surface area contributed by atoms with Crippen molar-refractivity contribution in [1.82, 2.24) is 9.38 Å². The molecule has 0 saturated carbocycles. The molecule has 0 spiro atoms. The SMILES string of the molecule is Nc1cccc2nc(Cc3ccc(Cl)cc3)cn12. The molecule has 0 aliphatic heterocycles. The molecule has 0 radical (unpaired) electrons. The van der Waals surface area contributed by atoms with Crippen LogP contribution >= 0.6 is 11.6 Å². The lowest BCUT2D eigenvalue weighted by Crippen LogP contribution is -1.93. The van der Waals surface area contributed by atoms with Crippen LogP contribution in [0.1, 0.15) is 11.3 Å². The van der Waals surface area contributed by atoms with Gasteiger partial charge in [0.1, 0.15) is 11.5 Å². The first kappa shape index (κ1) is 11.1. The number of hydrogen-bond donors (Lipinski definition) is 1. The lowest BCUT2D eigenvalue weighted by molar-refractivity contribution is 1.11. The number of hydrogen-bond acceptors (Lipinski definition) is 2. The van der Waals surface area contributed by atoms with Crippen molar-refractivity contribution in [2.24, 2.45) is 0 Å². The number of rotatable bonds is 2. The lowest BCUT2D eigenvalue weighted by Gasteiger charge is -1.97. The maximum atomic E-state index is 5.89. The highest BCUT2D eigenvalue weighted by Crippen LogP contribution is 2.15. The average Bonchev–Trinajstić information content (AvgIpc) is 2.76. The fraction of sp³-hybridized carbons (Fsp3) is 0.0714. The number of pyridine rings is 1. The summed E-state index contributed by atoms with van der Waals surface area (Å²) in [5, 5.41) is 0.748. The molecule has 0 saturated heterocycles. The van der Waals surface area contributed by atoms with Gasteiger partial charge in [-0.05, 0) is 29.8 Å². The van der Waals surface area contributed by atoms with Gasteiger partial charge in [-0.15, -0.1) is 0 Å². The van der Waals surface area contributed by atoms with Crippen LogP contribution in [0, 0.1) is 0 Å². The van der Waals surface area contributed by atoms with Crippen LogP contribution in [0.4, 0.5) is 5.82 Å². The Morgan fingerprint density at radius 3 is 2.61 bits per heavy atom. The van der Waals surface area contributed by atoms with E-state index >= 15 is 0 Å². The molecule has 2 aromatic heterocycles. The monoisotopic (exact) mass is 257 g/mol. The number of nitrogen functional groups attached to an aromatic ring is 1. The predicted octanol–water partition coefficient (Wildman–Crippen LogP) is 3.16. The molecule has 90 valence electrons. The fourth-order valence-electron chi connectivity index (χ4n) is 1.98. The third-order valence-corrected chi connectivity index (χ3v) is 3.12. The molecule has 4 heteroatoms. The van der Waals surface area contributed by atoms with Crippen LogP contribution < -0.4 is 5.73 Å². The van der Waals surface area contributed by atoms with Gasteiger partial charge in [-0.2, -0.15) is 0 Å². The second kappa shape index (κ2) is 4.35. The molecule has 3 nitrogen and oxygen atoms in total. The summed E-state index contributed by atoms with van der Waals surface area (Å²) in [6.45, 7) is 0. The Kier molecular flexibility index (Phi) is 2.68. The van der Waals surface area contributed by atoms with Gasteiger partial charge in [-0.3, -0.25) is 4.40 Å². The van der Waals surface area contributed by atoms with Crippen LogP contribution in [0.5, 0.6) is 0 Å². The summed E-state index contributed by atoms with van der Waals surface area (Å²) in [6, 6.07) is 13.5. The van der Waals surface area contributed by atoms with Gasteiger partial charge in [-0.25, -0.2) is 4.98 Å². The molecule has 0 aliphatic carbocycles. The highest BCUT2D eigenvalue weighted by Gasteiger charge is 2.04. The molecule has 3 rings (SSSR count). The molecular weight excluding hydrogens is 246 g/mol. The number of anilines is 1. The van der Waals surface area contributed by atoms with Crippen molar-refractivity contribution in [2.45, 2.75) is 6.42 Å². The molecule has 0 amide bonds. The minimum absolute atomic E-state index is 0.697. The molecule has 0 atom stereocenters. The van der Waals surface area contributed by atoms with Crippen molar-refractivity contribution >= 4 is 23.1 Å². The third-order valence-electron chi connectivity index (χ3n) is 2.87. The summed E-state index contributed by atoms with van der Waals surface area (Å²) < 4.78 is 1.89. The molecule has 0 unspecified atom stereocenters. The van der Waals surface area contributed by atoms with Gasteiger partial charge in [0.15, 0.2) is 0 Å². The molecule has 2 heterocycles. The van der Waals surface area contributed by atoms with Crippen LogP contribution in [0.15, 0.2) is 48.7 Å². The first-order valence-corrected chi connectivity index (χ1v) is 6.07. The normalized spacial score (nSPS) is 10.9. The zero-order valence-electron chi connectivity index (χ0n) is 9.68. The highest BCUT2D eigenvalue weighted by molar-refractivity contribution is 6.30. The van der Waals surface area contributed by atoms with E-state index in [9.17, 15) is 0 Å². The van der Waals surface area contributed by atoms with Gasteiger partial charge in [0, 0.05) is 17.6 Å². The number of imidazole rings is 1. The minimum atomic E-state index is 0.697. The topological polar surface area (TPSA) is 43.3 Å². The van der Waals surface area contributed by atoms with Gasteiger partial charge in [0.25, 0.3) is 0 Å². The van der Waals surface area contributed by atoms with Crippen molar-refractivity contribution in [3.63, 3.8) is 0 Å². The number of nitrogens with two attached hydrogens (primary N) is 1. The second-order valence-corrected chi connectivity index (χ2v) is 4.65. The van der Waals surface area contributed by atoms with E-state index in [1.54, 1.807) is 0 Å². The Hall–Kier alpha value is -2.00. The summed E-state index contributed by atoms with van der Waals surface area (Å²) in [7, 11) is 0. The van der Waals surface area contributed by atoms with Gasteiger partial charge in [-0.1, -0.05) is 29.8 Å². The minimum Gasteiger partial charge on any atom is -0.385 e. The van der Waals surface area contributed by atoms with Gasteiger partial charge >= 0.3 is 0 Å². The molecule has 2 N–H and O–H groups in total. The van der Waals surface area contributed by atoms with E-state index in [1.807, 2.05) is 53.1 Å². The molecule has 0 bridgehead atoms. The van der Waals surface area contributed by atoms with Crippen LogP contribution in [0.3, 0.4) is 0 Å². The smallest absolute Gasteiger partial charge is 0.138 e. The first-order valence-electron chi connectivity index (χ1n) is 5.69. The summed E-state index contributed by atoms with van der Waals surface area (Å²) >= 11 is 5.86. The van der Waals surface area contributed by atoms with E-state index in [2.05, 4.69) is 4.98 Å².